The van der Waals surface area contributed by atoms with Gasteiger partial charge in [-0.05, 0) is 74.9 Å². The second-order valence-corrected chi connectivity index (χ2v) is 15.5. The first-order valence-corrected chi connectivity index (χ1v) is 20.1. The minimum atomic E-state index is -1.23. The molecule has 4 aromatic rings. The van der Waals surface area contributed by atoms with Gasteiger partial charge < -0.3 is 25.2 Å². The van der Waals surface area contributed by atoms with Crippen molar-refractivity contribution in [3.63, 3.8) is 0 Å². The van der Waals surface area contributed by atoms with Crippen LogP contribution < -0.4 is 26.4 Å². The zero-order valence-corrected chi connectivity index (χ0v) is 32.4. The number of imide groups is 1. The maximum atomic E-state index is 15.7. The number of rotatable bonds is 9. The normalized spacial score (nSPS) is 24.0. The van der Waals surface area contributed by atoms with Crippen molar-refractivity contribution in [1.29, 1.82) is 0 Å². The quantitative estimate of drug-likeness (QED) is 0.198. The van der Waals surface area contributed by atoms with Crippen LogP contribution >= 0.6 is 0 Å². The summed E-state index contributed by atoms with van der Waals surface area (Å²) in [6.45, 7) is 2.31. The molecule has 8 rings (SSSR count). The third kappa shape index (κ3) is 9.19. The van der Waals surface area contributed by atoms with Gasteiger partial charge in [0.05, 0.1) is 18.4 Å². The van der Waals surface area contributed by atoms with Crippen molar-refractivity contribution in [3.05, 3.63) is 95.0 Å². The molecule has 1 aliphatic carbocycles. The fourth-order valence-electron chi connectivity index (χ4n) is 8.45. The average molecular weight is 814 g/mol. The van der Waals surface area contributed by atoms with Gasteiger partial charge in [-0.1, -0.05) is 18.2 Å². The number of carbonyl (C=O) groups excluding carboxylic acids is 3. The summed E-state index contributed by atoms with van der Waals surface area (Å²) in [5.74, 6) is -1.60. The van der Waals surface area contributed by atoms with Gasteiger partial charge in [-0.2, -0.15) is 0 Å². The molecule has 1 saturated carbocycles. The summed E-state index contributed by atoms with van der Waals surface area (Å²) in [5, 5.41) is 8.56. The highest BCUT2D eigenvalue weighted by atomic mass is 19.1. The number of ether oxygens (including phenoxy) is 1. The molecule has 4 fully saturated rings. The fraction of sp³-hybridized carbons (Fsp3) is 0.429. The summed E-state index contributed by atoms with van der Waals surface area (Å²) in [4.78, 5) is 63.1. The van der Waals surface area contributed by atoms with Gasteiger partial charge in [0.1, 0.15) is 29.8 Å². The van der Waals surface area contributed by atoms with Gasteiger partial charge in [-0.25, -0.2) is 27.9 Å². The Balaban J connectivity index is 0.772. The molecule has 3 amide bonds. The zero-order chi connectivity index (χ0) is 41.0. The molecule has 4 aliphatic rings. The van der Waals surface area contributed by atoms with E-state index in [1.54, 1.807) is 64.5 Å². The number of carbonyl (C=O) groups is 3. The molecule has 0 radical (unpaired) electrons. The lowest BCUT2D eigenvalue weighted by Crippen LogP contribution is -2.58. The van der Waals surface area contributed by atoms with E-state index < -0.39 is 29.8 Å². The Labute approximate surface area is 338 Å². The highest BCUT2D eigenvalue weighted by Gasteiger charge is 2.37. The zero-order valence-electron chi connectivity index (χ0n) is 32.4. The minimum Gasteiger partial charge on any atom is -0.446 e. The monoisotopic (exact) mass is 813 g/mol. The Morgan fingerprint density at radius 2 is 1.66 bits per heavy atom. The molecule has 3 N–H and O–H groups in total. The van der Waals surface area contributed by atoms with Gasteiger partial charge in [-0.15, -0.1) is 0 Å². The van der Waals surface area contributed by atoms with Gasteiger partial charge in [0.2, 0.25) is 17.8 Å². The van der Waals surface area contributed by atoms with Gasteiger partial charge in [-0.3, -0.25) is 29.2 Å². The van der Waals surface area contributed by atoms with E-state index in [0.29, 0.717) is 88.2 Å². The van der Waals surface area contributed by atoms with Gasteiger partial charge in [0.15, 0.2) is 5.82 Å². The largest absolute Gasteiger partial charge is 0.446 e. The number of amides is 3. The van der Waals surface area contributed by atoms with Crippen LogP contribution in [0.4, 0.5) is 35.3 Å². The number of hydrogen-bond donors (Lipinski definition) is 3. The number of halogens is 3. The Morgan fingerprint density at radius 3 is 2.41 bits per heavy atom. The molecule has 5 heterocycles. The lowest BCUT2D eigenvalue weighted by Gasteiger charge is -2.44. The number of anilines is 3. The van der Waals surface area contributed by atoms with Crippen molar-refractivity contribution in [3.8, 4) is 16.9 Å². The lowest BCUT2D eigenvalue weighted by molar-refractivity contribution is -0.133. The Bertz CT molecular complexity index is 2250. The van der Waals surface area contributed by atoms with Crippen LogP contribution in [0.3, 0.4) is 0 Å². The van der Waals surface area contributed by atoms with Crippen LogP contribution in [0.1, 0.15) is 44.9 Å². The Morgan fingerprint density at radius 1 is 0.847 bits per heavy atom. The van der Waals surface area contributed by atoms with Crippen LogP contribution in [0.2, 0.25) is 0 Å². The standard InChI is InChI=1S/C42H46F3N9O5/c43-31-23-28(47-34-12-14-37(55)49-40(34)57)9-13-35(31)53-17-15-36(33(45)25-53)51-18-20-52(21-19-51)42(58)59-30-10-7-27(8-11-30)48-41-46-24-32(44)39(50-41)26-4-3-5-29(22-26)54-16-2-1-6-38(54)56/h1-6,9,13,16,22-24,27,30,33-34,36,47H,7-8,10-12,14-15,17-21,25H2,(H,46,48,50)(H,49,55,57)/t27-,30-,33?,34?,36?. The maximum Gasteiger partial charge on any atom is 0.410 e. The fourth-order valence-corrected chi connectivity index (χ4v) is 8.45. The first kappa shape index (κ1) is 39.8. The number of aromatic nitrogens is 3. The van der Waals surface area contributed by atoms with Crippen molar-refractivity contribution in [2.45, 2.75) is 75.3 Å². The van der Waals surface area contributed by atoms with Gasteiger partial charge in [0.25, 0.3) is 5.56 Å². The highest BCUT2D eigenvalue weighted by molar-refractivity contribution is 6.01. The first-order chi connectivity index (χ1) is 28.6. The number of nitrogens with zero attached hydrogens (tertiary/aromatic N) is 6. The molecule has 3 aliphatic heterocycles. The molecule has 3 unspecified atom stereocenters. The molecule has 2 aromatic heterocycles. The van der Waals surface area contributed by atoms with Crippen LogP contribution in [0.25, 0.3) is 16.9 Å². The topological polar surface area (TPSA) is 154 Å². The summed E-state index contributed by atoms with van der Waals surface area (Å²) < 4.78 is 53.2. The van der Waals surface area contributed by atoms with Crippen molar-refractivity contribution >= 4 is 35.2 Å². The number of hydrogen-bond acceptors (Lipinski definition) is 11. The summed E-state index contributed by atoms with van der Waals surface area (Å²) in [7, 11) is 0. The van der Waals surface area contributed by atoms with E-state index in [1.165, 1.54) is 16.7 Å². The number of nitrogens with one attached hydrogen (secondary N) is 3. The van der Waals surface area contributed by atoms with E-state index in [9.17, 15) is 23.6 Å². The molecule has 59 heavy (non-hydrogen) atoms. The summed E-state index contributed by atoms with van der Waals surface area (Å²) >= 11 is 0. The maximum absolute atomic E-state index is 15.7. The van der Waals surface area contributed by atoms with E-state index in [1.807, 2.05) is 0 Å². The highest BCUT2D eigenvalue weighted by Crippen LogP contribution is 2.31. The lowest BCUT2D eigenvalue weighted by atomic mass is 9.93. The predicted octanol–water partition coefficient (Wildman–Crippen LogP) is 4.88. The summed E-state index contributed by atoms with van der Waals surface area (Å²) in [5.41, 5.74) is 1.70. The van der Waals surface area contributed by atoms with E-state index in [2.05, 4.69) is 30.8 Å². The SMILES string of the molecule is O=C1CCC(Nc2ccc(N3CCC(N4CCN(C(=O)O[C@H]5CC[C@H](Nc6ncc(F)c(-c7cccc(-n8ccccc8=O)c7)n6)CC5)CC4)C(F)C3)c(F)c2)C(=O)N1. The summed E-state index contributed by atoms with van der Waals surface area (Å²) in [6.07, 6.45) is 4.58. The molecule has 0 bridgehead atoms. The molecule has 2 aromatic carbocycles. The predicted molar refractivity (Wildman–Crippen MR) is 214 cm³/mol. The van der Waals surface area contributed by atoms with E-state index >= 15 is 8.78 Å². The van der Waals surface area contributed by atoms with Crippen LogP contribution in [-0.4, -0.2) is 112 Å². The number of piperazine rings is 1. The van der Waals surface area contributed by atoms with Crippen LogP contribution in [0.5, 0.6) is 0 Å². The second-order valence-electron chi connectivity index (χ2n) is 15.5. The molecule has 14 nitrogen and oxygen atoms in total. The number of benzene rings is 2. The first-order valence-electron chi connectivity index (χ1n) is 20.1. The number of alkyl halides is 1. The van der Waals surface area contributed by atoms with Crippen LogP contribution in [0.15, 0.2) is 77.9 Å². The molecular formula is C42H46F3N9O5. The molecule has 3 saturated heterocycles. The van der Waals surface area contributed by atoms with Crippen LogP contribution in [-0.2, 0) is 14.3 Å². The van der Waals surface area contributed by atoms with Crippen LogP contribution in [0, 0.1) is 11.6 Å². The molecule has 17 heteroatoms. The third-order valence-electron chi connectivity index (χ3n) is 11.7. The van der Waals surface area contributed by atoms with Crippen molar-refractivity contribution in [2.24, 2.45) is 0 Å². The molecule has 0 spiro atoms. The molecule has 310 valence electrons. The number of piperidine rings is 2. The van der Waals surface area contributed by atoms with Gasteiger partial charge in [0, 0.05) is 80.4 Å². The molecular weight excluding hydrogens is 768 g/mol. The third-order valence-corrected chi connectivity index (χ3v) is 11.7. The van der Waals surface area contributed by atoms with Crippen molar-refractivity contribution in [2.75, 3.05) is 54.8 Å². The van der Waals surface area contributed by atoms with E-state index in [-0.39, 0.29) is 66.0 Å². The Hall–Kier alpha value is -5.97. The second kappa shape index (κ2) is 17.5. The minimum absolute atomic E-state index is 0.000966. The van der Waals surface area contributed by atoms with Crippen molar-refractivity contribution < 1.29 is 32.3 Å². The average Bonchev–Trinajstić information content (AvgIpc) is 3.23. The van der Waals surface area contributed by atoms with E-state index in [0.717, 1.165) is 6.20 Å². The van der Waals surface area contributed by atoms with Crippen molar-refractivity contribution in [1.82, 2.24) is 29.7 Å². The van der Waals surface area contributed by atoms with E-state index in [4.69, 9.17) is 4.74 Å². The molecule has 3 atom stereocenters. The smallest absolute Gasteiger partial charge is 0.410 e. The number of pyridine rings is 1. The Kier molecular flexibility index (Phi) is 11.8. The summed E-state index contributed by atoms with van der Waals surface area (Å²) in [6, 6.07) is 15.3. The van der Waals surface area contributed by atoms with Gasteiger partial charge >= 0.3 is 6.09 Å².